The minimum absolute atomic E-state index is 0.100. The molecule has 18 heavy (non-hydrogen) atoms. The monoisotopic (exact) mass is 256 g/mol. The van der Waals surface area contributed by atoms with Crippen molar-refractivity contribution in [2.45, 2.75) is 31.7 Å². The van der Waals surface area contributed by atoms with Crippen LogP contribution in [0.5, 0.6) is 0 Å². The normalized spacial score (nSPS) is 14.4. The topological polar surface area (TPSA) is 94.5 Å². The SMILES string of the molecule is [C-]#[N+]C(CO)(CCN=C=O)CC(CC)(CO)CO. The molecule has 102 valence electrons. The van der Waals surface area contributed by atoms with Crippen molar-refractivity contribution in [3.8, 4) is 0 Å². The number of rotatable bonds is 9. The van der Waals surface area contributed by atoms with Gasteiger partial charge in [0, 0.05) is 18.3 Å². The van der Waals surface area contributed by atoms with Crippen molar-refractivity contribution in [2.24, 2.45) is 10.4 Å². The van der Waals surface area contributed by atoms with Crippen LogP contribution in [-0.4, -0.2) is 53.3 Å². The molecule has 0 aromatic carbocycles. The van der Waals surface area contributed by atoms with Gasteiger partial charge in [0.05, 0.1) is 19.8 Å². The van der Waals surface area contributed by atoms with E-state index in [0.29, 0.717) is 6.42 Å². The van der Waals surface area contributed by atoms with E-state index < -0.39 is 17.6 Å². The van der Waals surface area contributed by atoms with Crippen LogP contribution in [0, 0.1) is 12.0 Å². The molecule has 0 rings (SSSR count). The van der Waals surface area contributed by atoms with E-state index in [1.165, 1.54) is 6.08 Å². The lowest BCUT2D eigenvalue weighted by Crippen LogP contribution is -2.42. The maximum Gasteiger partial charge on any atom is 0.257 e. The lowest BCUT2D eigenvalue weighted by atomic mass is 9.74. The zero-order valence-electron chi connectivity index (χ0n) is 10.6. The fourth-order valence-electron chi connectivity index (χ4n) is 1.87. The summed E-state index contributed by atoms with van der Waals surface area (Å²) in [4.78, 5) is 16.8. The highest BCUT2D eigenvalue weighted by Gasteiger charge is 2.44. The first kappa shape index (κ1) is 16.8. The summed E-state index contributed by atoms with van der Waals surface area (Å²) in [6, 6.07) is 0. The van der Waals surface area contributed by atoms with Crippen molar-refractivity contribution in [1.29, 1.82) is 0 Å². The highest BCUT2D eigenvalue weighted by Crippen LogP contribution is 2.35. The van der Waals surface area contributed by atoms with E-state index in [0.717, 1.165) is 0 Å². The van der Waals surface area contributed by atoms with Crippen LogP contribution in [0.2, 0.25) is 0 Å². The number of aliphatic hydroxyl groups excluding tert-OH is 3. The third-order valence-corrected chi connectivity index (χ3v) is 3.41. The molecule has 0 aromatic rings. The quantitative estimate of drug-likeness (QED) is 0.310. The Morgan fingerprint density at radius 1 is 1.28 bits per heavy atom. The van der Waals surface area contributed by atoms with Crippen molar-refractivity contribution < 1.29 is 20.1 Å². The minimum atomic E-state index is -1.12. The molecule has 0 amide bonds. The summed E-state index contributed by atoms with van der Waals surface area (Å²) in [6.45, 7) is 8.21. The predicted octanol–water partition coefficient (Wildman–Crippen LogP) is 0.134. The number of hydrogen-bond donors (Lipinski definition) is 3. The molecule has 0 aliphatic rings. The Kier molecular flexibility index (Phi) is 7.41. The fourth-order valence-corrected chi connectivity index (χ4v) is 1.87. The highest BCUT2D eigenvalue weighted by molar-refractivity contribution is 5.32. The molecule has 0 spiro atoms. The second-order valence-corrected chi connectivity index (χ2v) is 4.56. The largest absolute Gasteiger partial charge is 0.396 e. The molecule has 0 heterocycles. The maximum absolute atomic E-state index is 10.0. The molecule has 0 bridgehead atoms. The fraction of sp³-hybridized carbons (Fsp3) is 0.833. The molecule has 1 atom stereocenters. The van der Waals surface area contributed by atoms with E-state index in [1.54, 1.807) is 0 Å². The molecule has 0 aromatic heterocycles. The Labute approximate surface area is 107 Å². The number of aliphatic hydroxyl groups is 3. The lowest BCUT2D eigenvalue weighted by Gasteiger charge is -2.33. The van der Waals surface area contributed by atoms with E-state index >= 15 is 0 Å². The van der Waals surface area contributed by atoms with E-state index in [2.05, 4.69) is 9.84 Å². The Hall–Kier alpha value is -1.25. The van der Waals surface area contributed by atoms with Crippen LogP contribution in [0.15, 0.2) is 4.99 Å². The molecule has 6 heteroatoms. The smallest absolute Gasteiger partial charge is 0.257 e. The Bertz CT molecular complexity index is 321. The van der Waals surface area contributed by atoms with Crippen LogP contribution < -0.4 is 0 Å². The molecule has 0 fully saturated rings. The van der Waals surface area contributed by atoms with E-state index in [4.69, 9.17) is 6.57 Å². The van der Waals surface area contributed by atoms with Crippen molar-refractivity contribution in [3.63, 3.8) is 0 Å². The average Bonchev–Trinajstić information content (AvgIpc) is 2.44. The standard InChI is InChI=1S/C12H20N2O4/c1-3-11(7-15,8-16)6-12(9-17,13-2)4-5-14-10-18/h15-17H,3-9H2,1H3. The highest BCUT2D eigenvalue weighted by atomic mass is 16.3. The summed E-state index contributed by atoms with van der Waals surface area (Å²) in [7, 11) is 0. The van der Waals surface area contributed by atoms with Gasteiger partial charge in [0.1, 0.15) is 6.61 Å². The summed E-state index contributed by atoms with van der Waals surface area (Å²) in [5.41, 5.74) is -1.92. The summed E-state index contributed by atoms with van der Waals surface area (Å²) in [5.74, 6) is 0. The summed E-state index contributed by atoms with van der Waals surface area (Å²) in [5, 5.41) is 28.2. The van der Waals surface area contributed by atoms with Crippen molar-refractivity contribution in [1.82, 2.24) is 0 Å². The van der Waals surface area contributed by atoms with Gasteiger partial charge in [-0.25, -0.2) is 16.4 Å². The van der Waals surface area contributed by atoms with Crippen molar-refractivity contribution in [3.05, 3.63) is 11.4 Å². The van der Waals surface area contributed by atoms with Gasteiger partial charge in [0.2, 0.25) is 6.08 Å². The number of hydrogen-bond acceptors (Lipinski definition) is 5. The molecule has 0 radical (unpaired) electrons. The van der Waals surface area contributed by atoms with Gasteiger partial charge in [-0.15, -0.1) is 0 Å². The number of isocyanates is 1. The van der Waals surface area contributed by atoms with Gasteiger partial charge >= 0.3 is 0 Å². The van der Waals surface area contributed by atoms with Gasteiger partial charge in [-0.1, -0.05) is 6.92 Å². The van der Waals surface area contributed by atoms with E-state index in [9.17, 15) is 20.1 Å². The van der Waals surface area contributed by atoms with Gasteiger partial charge in [-0.05, 0) is 6.42 Å². The predicted molar refractivity (Wildman–Crippen MR) is 65.5 cm³/mol. The Balaban J connectivity index is 4.99. The average molecular weight is 256 g/mol. The van der Waals surface area contributed by atoms with Gasteiger partial charge in [0.25, 0.3) is 5.54 Å². The van der Waals surface area contributed by atoms with Gasteiger partial charge in [-0.2, -0.15) is 0 Å². The van der Waals surface area contributed by atoms with Crippen LogP contribution in [-0.2, 0) is 4.79 Å². The number of nitrogens with zero attached hydrogens (tertiary/aromatic N) is 2. The molecule has 6 nitrogen and oxygen atoms in total. The second-order valence-electron chi connectivity index (χ2n) is 4.56. The third-order valence-electron chi connectivity index (χ3n) is 3.41. The first-order valence-electron chi connectivity index (χ1n) is 5.82. The first-order valence-corrected chi connectivity index (χ1v) is 5.82. The zero-order valence-corrected chi connectivity index (χ0v) is 10.6. The summed E-state index contributed by atoms with van der Waals surface area (Å²) < 4.78 is 0. The van der Waals surface area contributed by atoms with Crippen LogP contribution in [0.3, 0.4) is 0 Å². The lowest BCUT2D eigenvalue weighted by molar-refractivity contribution is 0.0195. The van der Waals surface area contributed by atoms with Crippen molar-refractivity contribution >= 4 is 6.08 Å². The molecule has 1 unspecified atom stereocenters. The van der Waals surface area contributed by atoms with Gasteiger partial charge in [0.15, 0.2) is 0 Å². The minimum Gasteiger partial charge on any atom is -0.396 e. The van der Waals surface area contributed by atoms with Crippen LogP contribution in [0.25, 0.3) is 4.85 Å². The van der Waals surface area contributed by atoms with E-state index in [1.807, 2.05) is 6.92 Å². The maximum atomic E-state index is 10.0. The van der Waals surface area contributed by atoms with Crippen molar-refractivity contribution in [2.75, 3.05) is 26.4 Å². The molecule has 0 saturated carbocycles. The number of aliphatic imine (C=N–C) groups is 1. The third kappa shape index (κ3) is 4.21. The molecule has 0 aliphatic carbocycles. The summed E-state index contributed by atoms with van der Waals surface area (Å²) >= 11 is 0. The van der Waals surface area contributed by atoms with E-state index in [-0.39, 0.29) is 32.6 Å². The van der Waals surface area contributed by atoms with Gasteiger partial charge < -0.3 is 20.2 Å². The van der Waals surface area contributed by atoms with Crippen LogP contribution >= 0.6 is 0 Å². The van der Waals surface area contributed by atoms with Crippen LogP contribution in [0.4, 0.5) is 0 Å². The zero-order chi connectivity index (χ0) is 14.1. The Morgan fingerprint density at radius 2 is 1.89 bits per heavy atom. The molecular formula is C12H20N2O4. The number of carbonyl (C=O) groups excluding carboxylic acids is 1. The van der Waals surface area contributed by atoms with Gasteiger partial charge in [-0.3, -0.25) is 0 Å². The molecular weight excluding hydrogens is 236 g/mol. The summed E-state index contributed by atoms with van der Waals surface area (Å²) in [6.07, 6.45) is 2.24. The molecule has 0 saturated heterocycles. The van der Waals surface area contributed by atoms with Crippen LogP contribution in [0.1, 0.15) is 26.2 Å². The molecule has 3 N–H and O–H groups in total. The first-order chi connectivity index (χ1) is 8.57. The second kappa shape index (κ2) is 7.96. The molecule has 0 aliphatic heterocycles. The Morgan fingerprint density at radius 3 is 2.22 bits per heavy atom.